The van der Waals surface area contributed by atoms with Gasteiger partial charge in [0.25, 0.3) is 0 Å². The molecule has 1 N–H and O–H groups in total. The molecule has 1 aromatic carbocycles. The number of para-hydroxylation sites is 1. The van der Waals surface area contributed by atoms with E-state index in [9.17, 15) is 0 Å². The predicted molar refractivity (Wildman–Crippen MR) is 82.7 cm³/mol. The highest BCUT2D eigenvalue weighted by atomic mass is 16.5. The third-order valence-electron chi connectivity index (χ3n) is 3.32. The Bertz CT molecular complexity index is 388. The van der Waals surface area contributed by atoms with Gasteiger partial charge in [-0.05, 0) is 40.1 Å². The number of ether oxygens (including phenoxy) is 1. The van der Waals surface area contributed by atoms with Gasteiger partial charge in [-0.2, -0.15) is 0 Å². The topological polar surface area (TPSA) is 24.5 Å². The van der Waals surface area contributed by atoms with E-state index in [2.05, 4.69) is 49.5 Å². The largest absolute Gasteiger partial charge is 0.496 e. The molecule has 3 nitrogen and oxygen atoms in total. The molecule has 3 heteroatoms. The van der Waals surface area contributed by atoms with E-state index < -0.39 is 0 Å². The van der Waals surface area contributed by atoms with E-state index in [4.69, 9.17) is 4.74 Å². The summed E-state index contributed by atoms with van der Waals surface area (Å²) in [5.74, 6) is 0.917. The van der Waals surface area contributed by atoms with Crippen molar-refractivity contribution in [2.75, 3.05) is 34.3 Å². The number of methoxy groups -OCH3 is 1. The van der Waals surface area contributed by atoms with Crippen molar-refractivity contribution in [1.29, 1.82) is 0 Å². The van der Waals surface area contributed by atoms with Crippen LogP contribution in [0.15, 0.2) is 30.3 Å². The Kier molecular flexibility index (Phi) is 7.23. The van der Waals surface area contributed by atoms with Gasteiger partial charge in [-0.3, -0.25) is 0 Å². The van der Waals surface area contributed by atoms with Crippen molar-refractivity contribution >= 4 is 6.08 Å². The second-order valence-corrected chi connectivity index (χ2v) is 4.95. The summed E-state index contributed by atoms with van der Waals surface area (Å²) in [6.45, 7) is 4.17. The first-order valence-corrected chi connectivity index (χ1v) is 6.82. The van der Waals surface area contributed by atoms with Gasteiger partial charge in [0, 0.05) is 18.2 Å². The van der Waals surface area contributed by atoms with E-state index in [1.54, 1.807) is 7.11 Å². The minimum Gasteiger partial charge on any atom is -0.496 e. The van der Waals surface area contributed by atoms with Crippen LogP contribution in [0.25, 0.3) is 6.08 Å². The number of hydrogen-bond acceptors (Lipinski definition) is 3. The molecule has 0 amide bonds. The molecular formula is C16H26N2O. The Morgan fingerprint density at radius 1 is 1.32 bits per heavy atom. The van der Waals surface area contributed by atoms with Gasteiger partial charge in [-0.15, -0.1) is 0 Å². The summed E-state index contributed by atoms with van der Waals surface area (Å²) >= 11 is 0. The first-order valence-electron chi connectivity index (χ1n) is 6.82. The maximum atomic E-state index is 5.30. The molecule has 0 aliphatic rings. The molecule has 0 saturated heterocycles. The summed E-state index contributed by atoms with van der Waals surface area (Å²) in [6.07, 6.45) is 5.40. The van der Waals surface area contributed by atoms with Crippen LogP contribution in [-0.4, -0.2) is 45.2 Å². The number of hydrogen-bond donors (Lipinski definition) is 1. The third kappa shape index (κ3) is 5.90. The van der Waals surface area contributed by atoms with Crippen LogP contribution in [0.4, 0.5) is 0 Å². The number of rotatable bonds is 8. The fraction of sp³-hybridized carbons (Fsp3) is 0.500. The smallest absolute Gasteiger partial charge is 0.126 e. The Morgan fingerprint density at radius 2 is 2.05 bits per heavy atom. The molecule has 1 atom stereocenters. The highest BCUT2D eigenvalue weighted by Gasteiger charge is 2.02. The molecular weight excluding hydrogens is 236 g/mol. The van der Waals surface area contributed by atoms with Gasteiger partial charge in [0.15, 0.2) is 0 Å². The van der Waals surface area contributed by atoms with Crippen LogP contribution in [0.1, 0.15) is 18.9 Å². The summed E-state index contributed by atoms with van der Waals surface area (Å²) in [5, 5.41) is 3.42. The van der Waals surface area contributed by atoms with Crippen molar-refractivity contribution in [3.05, 3.63) is 35.9 Å². The second kappa shape index (κ2) is 8.73. The molecule has 19 heavy (non-hydrogen) atoms. The lowest BCUT2D eigenvalue weighted by Crippen LogP contribution is -2.29. The van der Waals surface area contributed by atoms with Crippen molar-refractivity contribution in [3.63, 3.8) is 0 Å². The molecule has 106 valence electrons. The van der Waals surface area contributed by atoms with Crippen LogP contribution in [0, 0.1) is 0 Å². The molecule has 0 heterocycles. The SMILES string of the molecule is COc1ccccc1/C=C/CNCCC(C)N(C)C. The molecule has 0 saturated carbocycles. The molecule has 0 radical (unpaired) electrons. The van der Waals surface area contributed by atoms with E-state index >= 15 is 0 Å². The lowest BCUT2D eigenvalue weighted by atomic mass is 10.2. The van der Waals surface area contributed by atoms with E-state index in [0.717, 1.165) is 30.8 Å². The maximum Gasteiger partial charge on any atom is 0.126 e. The Balaban J connectivity index is 2.27. The van der Waals surface area contributed by atoms with Gasteiger partial charge in [-0.1, -0.05) is 30.4 Å². The Labute approximate surface area is 117 Å². The molecule has 0 fully saturated rings. The Hall–Kier alpha value is -1.32. The summed E-state index contributed by atoms with van der Waals surface area (Å²) in [7, 11) is 5.94. The third-order valence-corrected chi connectivity index (χ3v) is 3.32. The van der Waals surface area contributed by atoms with Crippen LogP contribution in [0.5, 0.6) is 5.75 Å². The van der Waals surface area contributed by atoms with Gasteiger partial charge >= 0.3 is 0 Å². The van der Waals surface area contributed by atoms with Crippen LogP contribution < -0.4 is 10.1 Å². The maximum absolute atomic E-state index is 5.30. The van der Waals surface area contributed by atoms with Crippen molar-refractivity contribution in [2.24, 2.45) is 0 Å². The van der Waals surface area contributed by atoms with Crippen molar-refractivity contribution in [3.8, 4) is 5.75 Å². The van der Waals surface area contributed by atoms with Gasteiger partial charge in [-0.25, -0.2) is 0 Å². The highest BCUT2D eigenvalue weighted by Crippen LogP contribution is 2.18. The summed E-state index contributed by atoms with van der Waals surface area (Å²) in [4.78, 5) is 2.24. The molecule has 0 bridgehead atoms. The van der Waals surface area contributed by atoms with Gasteiger partial charge < -0.3 is 15.0 Å². The molecule has 1 rings (SSSR count). The van der Waals surface area contributed by atoms with Gasteiger partial charge in [0.2, 0.25) is 0 Å². The second-order valence-electron chi connectivity index (χ2n) is 4.95. The van der Waals surface area contributed by atoms with Crippen LogP contribution in [-0.2, 0) is 0 Å². The molecule has 0 aromatic heterocycles. The van der Waals surface area contributed by atoms with Crippen molar-refractivity contribution < 1.29 is 4.74 Å². The normalized spacial score (nSPS) is 13.1. The fourth-order valence-corrected chi connectivity index (χ4v) is 1.74. The molecule has 0 spiro atoms. The highest BCUT2D eigenvalue weighted by molar-refractivity contribution is 5.57. The van der Waals surface area contributed by atoms with Crippen molar-refractivity contribution in [2.45, 2.75) is 19.4 Å². The van der Waals surface area contributed by atoms with Crippen LogP contribution in [0.2, 0.25) is 0 Å². The van der Waals surface area contributed by atoms with E-state index in [1.807, 2.05) is 18.2 Å². The lowest BCUT2D eigenvalue weighted by molar-refractivity contribution is 0.297. The summed E-state index contributed by atoms with van der Waals surface area (Å²) in [5.41, 5.74) is 1.12. The average molecular weight is 262 g/mol. The van der Waals surface area contributed by atoms with Crippen LogP contribution in [0.3, 0.4) is 0 Å². The monoisotopic (exact) mass is 262 g/mol. The predicted octanol–water partition coefficient (Wildman–Crippen LogP) is 2.64. The number of nitrogens with zero attached hydrogens (tertiary/aromatic N) is 1. The van der Waals surface area contributed by atoms with E-state index in [1.165, 1.54) is 0 Å². The molecule has 0 aliphatic carbocycles. The Morgan fingerprint density at radius 3 is 2.74 bits per heavy atom. The van der Waals surface area contributed by atoms with Crippen LogP contribution >= 0.6 is 0 Å². The fourth-order valence-electron chi connectivity index (χ4n) is 1.74. The zero-order valence-corrected chi connectivity index (χ0v) is 12.5. The average Bonchev–Trinajstić information content (AvgIpc) is 2.42. The van der Waals surface area contributed by atoms with E-state index in [0.29, 0.717) is 6.04 Å². The molecule has 1 unspecified atom stereocenters. The molecule has 0 aliphatic heterocycles. The first kappa shape index (κ1) is 15.7. The van der Waals surface area contributed by atoms with Gasteiger partial charge in [0.1, 0.15) is 5.75 Å². The van der Waals surface area contributed by atoms with E-state index in [-0.39, 0.29) is 0 Å². The number of nitrogens with one attached hydrogen (secondary N) is 1. The first-order chi connectivity index (χ1) is 9.15. The quantitative estimate of drug-likeness (QED) is 0.729. The minimum absolute atomic E-state index is 0.616. The standard InChI is InChI=1S/C16H26N2O/c1-14(18(2)3)11-13-17-12-7-9-15-8-5-6-10-16(15)19-4/h5-10,14,17H,11-13H2,1-4H3/b9-7+. The minimum atomic E-state index is 0.616. The zero-order chi connectivity index (χ0) is 14.1. The van der Waals surface area contributed by atoms with Gasteiger partial charge in [0.05, 0.1) is 7.11 Å². The lowest BCUT2D eigenvalue weighted by Gasteiger charge is -2.19. The summed E-state index contributed by atoms with van der Waals surface area (Å²) in [6, 6.07) is 8.66. The molecule has 1 aromatic rings. The van der Waals surface area contributed by atoms with Crippen molar-refractivity contribution in [1.82, 2.24) is 10.2 Å². The zero-order valence-electron chi connectivity index (χ0n) is 12.5. The number of benzene rings is 1. The summed E-state index contributed by atoms with van der Waals surface area (Å²) < 4.78 is 5.30.